The maximum atomic E-state index is 11.3. The zero-order valence-electron chi connectivity index (χ0n) is 10.2. The number of aliphatic carboxylic acids is 1. The minimum atomic E-state index is -1.58. The third kappa shape index (κ3) is 4.34. The van der Waals surface area contributed by atoms with Crippen molar-refractivity contribution >= 4 is 23.3 Å². The van der Waals surface area contributed by atoms with Gasteiger partial charge in [0, 0.05) is 9.75 Å². The van der Waals surface area contributed by atoms with Gasteiger partial charge in [-0.3, -0.25) is 0 Å². The molecule has 0 aliphatic rings. The molecule has 1 heterocycles. The van der Waals surface area contributed by atoms with Crippen molar-refractivity contribution in [3.63, 3.8) is 0 Å². The lowest BCUT2D eigenvalue weighted by Crippen LogP contribution is -2.41. The predicted molar refractivity (Wildman–Crippen MR) is 67.7 cm³/mol. The molecule has 1 rings (SSSR count). The number of hydrogen-bond acceptors (Lipinski definition) is 4. The smallest absolute Gasteiger partial charge is 0.334 e. The molecule has 2 amide bonds. The molecular formula is C11H16N2O4S. The second kappa shape index (κ2) is 6.36. The first-order valence-corrected chi connectivity index (χ1v) is 6.20. The minimum Gasteiger partial charge on any atom is -0.479 e. The van der Waals surface area contributed by atoms with Crippen molar-refractivity contribution in [2.45, 2.75) is 26.5 Å². The molecule has 0 saturated carbocycles. The summed E-state index contributed by atoms with van der Waals surface area (Å²) in [5.74, 6) is -1.36. The van der Waals surface area contributed by atoms with Gasteiger partial charge >= 0.3 is 12.0 Å². The monoisotopic (exact) mass is 272 g/mol. The Bertz CT molecular complexity index is 425. The zero-order chi connectivity index (χ0) is 13.7. The number of aryl methyl sites for hydroxylation is 2. The number of amides is 2. The Kier molecular flexibility index (Phi) is 5.11. The van der Waals surface area contributed by atoms with Gasteiger partial charge < -0.3 is 20.8 Å². The highest BCUT2D eigenvalue weighted by Gasteiger charge is 2.13. The molecule has 0 aromatic carbocycles. The highest BCUT2D eigenvalue weighted by atomic mass is 32.1. The highest BCUT2D eigenvalue weighted by Crippen LogP contribution is 2.20. The average Bonchev–Trinajstić information content (AvgIpc) is 2.63. The van der Waals surface area contributed by atoms with Crippen LogP contribution in [0.15, 0.2) is 6.07 Å². The molecule has 0 aliphatic heterocycles. The van der Waals surface area contributed by atoms with E-state index in [0.29, 0.717) is 6.54 Å². The van der Waals surface area contributed by atoms with Gasteiger partial charge in [-0.2, -0.15) is 0 Å². The lowest BCUT2D eigenvalue weighted by molar-refractivity contribution is -0.146. The molecule has 1 atom stereocenters. The molecule has 6 nitrogen and oxygen atoms in total. The molecule has 0 unspecified atom stereocenters. The van der Waals surface area contributed by atoms with Crippen LogP contribution in [0.3, 0.4) is 0 Å². The molecular weight excluding hydrogens is 256 g/mol. The number of hydrogen-bond donors (Lipinski definition) is 4. The van der Waals surface area contributed by atoms with E-state index in [0.717, 1.165) is 4.88 Å². The third-order valence-corrected chi connectivity index (χ3v) is 3.53. The summed E-state index contributed by atoms with van der Waals surface area (Å²) >= 11 is 1.60. The van der Waals surface area contributed by atoms with Gasteiger partial charge in [-0.15, -0.1) is 11.3 Å². The number of rotatable bonds is 5. The van der Waals surface area contributed by atoms with Crippen molar-refractivity contribution in [3.8, 4) is 0 Å². The SMILES string of the molecule is Cc1cc(CNC(=O)NC[C@H](O)C(=O)O)sc1C. The Hall–Kier alpha value is -1.60. The molecule has 1 aromatic rings. The Morgan fingerprint density at radius 1 is 1.39 bits per heavy atom. The van der Waals surface area contributed by atoms with Crippen LogP contribution in [-0.4, -0.2) is 34.9 Å². The van der Waals surface area contributed by atoms with E-state index in [1.54, 1.807) is 11.3 Å². The first-order valence-electron chi connectivity index (χ1n) is 5.38. The van der Waals surface area contributed by atoms with E-state index in [-0.39, 0.29) is 6.54 Å². The number of carboxylic acids is 1. The highest BCUT2D eigenvalue weighted by molar-refractivity contribution is 7.12. The van der Waals surface area contributed by atoms with Gasteiger partial charge in [0.2, 0.25) is 0 Å². The summed E-state index contributed by atoms with van der Waals surface area (Å²) in [5.41, 5.74) is 1.18. The first-order chi connectivity index (χ1) is 8.40. The van der Waals surface area contributed by atoms with Crippen LogP contribution in [-0.2, 0) is 11.3 Å². The summed E-state index contributed by atoms with van der Waals surface area (Å²) in [6.45, 7) is 4.07. The molecule has 100 valence electrons. The van der Waals surface area contributed by atoms with Crippen molar-refractivity contribution in [2.75, 3.05) is 6.54 Å². The Labute approximate surface area is 109 Å². The number of aliphatic hydroxyl groups excluding tert-OH is 1. The number of carbonyl (C=O) groups excluding carboxylic acids is 1. The quantitative estimate of drug-likeness (QED) is 0.631. The maximum Gasteiger partial charge on any atom is 0.334 e. The first kappa shape index (κ1) is 14.5. The van der Waals surface area contributed by atoms with Gasteiger partial charge in [0.25, 0.3) is 0 Å². The van der Waals surface area contributed by atoms with Crippen LogP contribution in [0.4, 0.5) is 4.79 Å². The second-order valence-electron chi connectivity index (χ2n) is 3.87. The molecule has 0 fully saturated rings. The number of aliphatic hydroxyl groups is 1. The van der Waals surface area contributed by atoms with E-state index in [1.165, 1.54) is 10.4 Å². The number of urea groups is 1. The second-order valence-corrected chi connectivity index (χ2v) is 5.21. The van der Waals surface area contributed by atoms with Crippen LogP contribution >= 0.6 is 11.3 Å². The van der Waals surface area contributed by atoms with Gasteiger partial charge in [-0.25, -0.2) is 9.59 Å². The van der Waals surface area contributed by atoms with Crippen molar-refractivity contribution in [3.05, 3.63) is 21.4 Å². The van der Waals surface area contributed by atoms with E-state index >= 15 is 0 Å². The van der Waals surface area contributed by atoms with E-state index in [2.05, 4.69) is 10.6 Å². The molecule has 4 N–H and O–H groups in total. The summed E-state index contributed by atoms with van der Waals surface area (Å²) in [7, 11) is 0. The number of carboxylic acid groups (broad SMARTS) is 1. The molecule has 1 aromatic heterocycles. The standard InChI is InChI=1S/C11H16N2O4S/c1-6-3-8(18-7(6)2)4-12-11(17)13-5-9(14)10(15)16/h3,9,14H,4-5H2,1-2H3,(H,15,16)(H2,12,13,17)/t9-/m0/s1. The minimum absolute atomic E-state index is 0.316. The van der Waals surface area contributed by atoms with Gasteiger partial charge in [0.05, 0.1) is 13.1 Å². The fraction of sp³-hybridized carbons (Fsp3) is 0.455. The van der Waals surface area contributed by atoms with Gasteiger partial charge in [0.15, 0.2) is 6.10 Å². The number of thiophene rings is 1. The van der Waals surface area contributed by atoms with Crippen LogP contribution in [0.2, 0.25) is 0 Å². The molecule has 0 radical (unpaired) electrons. The van der Waals surface area contributed by atoms with Gasteiger partial charge in [-0.05, 0) is 25.5 Å². The fourth-order valence-corrected chi connectivity index (χ4v) is 2.24. The van der Waals surface area contributed by atoms with Gasteiger partial charge in [0.1, 0.15) is 0 Å². The molecule has 18 heavy (non-hydrogen) atoms. The lowest BCUT2D eigenvalue weighted by atomic mass is 10.3. The summed E-state index contributed by atoms with van der Waals surface area (Å²) in [5, 5.41) is 22.2. The molecule has 0 spiro atoms. The topological polar surface area (TPSA) is 98.7 Å². The van der Waals surface area contributed by atoms with Crippen molar-refractivity contribution in [1.82, 2.24) is 10.6 Å². The largest absolute Gasteiger partial charge is 0.479 e. The maximum absolute atomic E-state index is 11.3. The molecule has 7 heteroatoms. The Morgan fingerprint density at radius 3 is 2.56 bits per heavy atom. The fourth-order valence-electron chi connectivity index (χ4n) is 1.24. The van der Waals surface area contributed by atoms with Crippen LogP contribution in [0, 0.1) is 13.8 Å². The van der Waals surface area contributed by atoms with Crippen LogP contribution in [0.5, 0.6) is 0 Å². The number of carbonyl (C=O) groups is 2. The zero-order valence-corrected chi connectivity index (χ0v) is 11.0. The summed E-state index contributed by atoms with van der Waals surface area (Å²) in [6.07, 6.45) is -1.58. The van der Waals surface area contributed by atoms with Crippen LogP contribution in [0.1, 0.15) is 15.3 Å². The Morgan fingerprint density at radius 2 is 2.06 bits per heavy atom. The van der Waals surface area contributed by atoms with Crippen LogP contribution < -0.4 is 10.6 Å². The van der Waals surface area contributed by atoms with E-state index in [9.17, 15) is 9.59 Å². The predicted octanol–water partition coefficient (Wildman–Crippen LogP) is 0.610. The normalized spacial score (nSPS) is 11.9. The van der Waals surface area contributed by atoms with Gasteiger partial charge in [-0.1, -0.05) is 0 Å². The third-order valence-electron chi connectivity index (χ3n) is 2.38. The lowest BCUT2D eigenvalue weighted by Gasteiger charge is -2.08. The van der Waals surface area contributed by atoms with Crippen molar-refractivity contribution < 1.29 is 19.8 Å². The molecule has 0 bridgehead atoms. The van der Waals surface area contributed by atoms with E-state index < -0.39 is 18.1 Å². The number of nitrogens with one attached hydrogen (secondary N) is 2. The summed E-state index contributed by atoms with van der Waals surface area (Å²) in [4.78, 5) is 23.9. The van der Waals surface area contributed by atoms with E-state index in [4.69, 9.17) is 10.2 Å². The average molecular weight is 272 g/mol. The Balaban J connectivity index is 2.31. The van der Waals surface area contributed by atoms with Crippen molar-refractivity contribution in [1.29, 1.82) is 0 Å². The summed E-state index contributed by atoms with van der Waals surface area (Å²) in [6, 6.07) is 1.49. The van der Waals surface area contributed by atoms with Crippen LogP contribution in [0.25, 0.3) is 0 Å². The summed E-state index contributed by atoms with van der Waals surface area (Å²) < 4.78 is 0. The van der Waals surface area contributed by atoms with E-state index in [1.807, 2.05) is 19.9 Å². The van der Waals surface area contributed by atoms with Crippen molar-refractivity contribution in [2.24, 2.45) is 0 Å². The molecule has 0 saturated heterocycles. The molecule has 0 aliphatic carbocycles.